The smallest absolute Gasteiger partial charge is 0.00955 e. The van der Waals surface area contributed by atoms with E-state index >= 15 is 0 Å². The number of likely N-dealkylation sites (tertiary alicyclic amines) is 1. The Bertz CT molecular complexity index is 244. The largest absolute Gasteiger partial charge is 0.316 e. The number of hydrogen-bond donors (Lipinski definition) is 1. The van der Waals surface area contributed by atoms with E-state index in [-0.39, 0.29) is 0 Å². The molecule has 2 rings (SSSR count). The summed E-state index contributed by atoms with van der Waals surface area (Å²) >= 11 is 0. The molecule has 0 bridgehead atoms. The van der Waals surface area contributed by atoms with E-state index in [0.717, 1.165) is 23.8 Å². The minimum absolute atomic E-state index is 0.779. The van der Waals surface area contributed by atoms with Crippen molar-refractivity contribution < 1.29 is 0 Å². The Morgan fingerprint density at radius 1 is 1.05 bits per heavy atom. The number of nitrogens with one attached hydrogen (secondary N) is 1. The maximum absolute atomic E-state index is 3.64. The zero-order chi connectivity index (χ0) is 13.7. The summed E-state index contributed by atoms with van der Waals surface area (Å²) in [6.45, 7) is 12.1. The van der Waals surface area contributed by atoms with Gasteiger partial charge in [0.1, 0.15) is 0 Å². The van der Waals surface area contributed by atoms with Crippen molar-refractivity contribution in [1.82, 2.24) is 10.2 Å². The highest BCUT2D eigenvalue weighted by molar-refractivity contribution is 4.85. The minimum atomic E-state index is 0.779. The van der Waals surface area contributed by atoms with Gasteiger partial charge in [0.2, 0.25) is 0 Å². The van der Waals surface area contributed by atoms with E-state index in [2.05, 4.69) is 31.0 Å². The molecule has 1 N–H and O–H groups in total. The molecule has 1 saturated carbocycles. The Morgan fingerprint density at radius 3 is 2.42 bits per heavy atom. The monoisotopic (exact) mass is 266 g/mol. The van der Waals surface area contributed by atoms with Gasteiger partial charge in [0, 0.05) is 12.6 Å². The molecule has 1 aliphatic heterocycles. The summed E-state index contributed by atoms with van der Waals surface area (Å²) < 4.78 is 0. The van der Waals surface area contributed by atoms with Crippen molar-refractivity contribution in [3.05, 3.63) is 0 Å². The normalized spacial score (nSPS) is 33.2. The summed E-state index contributed by atoms with van der Waals surface area (Å²) in [4.78, 5) is 2.80. The summed E-state index contributed by atoms with van der Waals surface area (Å²) in [5, 5.41) is 3.64. The summed E-state index contributed by atoms with van der Waals surface area (Å²) in [6, 6.07) is 0.915. The fourth-order valence-electron chi connectivity index (χ4n) is 3.86. The molecular formula is C17H34N2. The zero-order valence-electron chi connectivity index (χ0n) is 13.3. The van der Waals surface area contributed by atoms with Crippen LogP contribution in [0.15, 0.2) is 0 Å². The topological polar surface area (TPSA) is 15.3 Å². The fraction of sp³-hybridized carbons (Fsp3) is 1.00. The molecule has 1 aliphatic carbocycles. The van der Waals surface area contributed by atoms with Gasteiger partial charge in [-0.1, -0.05) is 27.2 Å². The second kappa shape index (κ2) is 7.64. The molecule has 0 amide bonds. The fourth-order valence-corrected chi connectivity index (χ4v) is 3.86. The Kier molecular flexibility index (Phi) is 6.15. The van der Waals surface area contributed by atoms with Crippen LogP contribution in [0.25, 0.3) is 0 Å². The lowest BCUT2D eigenvalue weighted by atomic mass is 9.84. The van der Waals surface area contributed by atoms with E-state index in [4.69, 9.17) is 0 Å². The van der Waals surface area contributed by atoms with Gasteiger partial charge in [0.05, 0.1) is 0 Å². The van der Waals surface area contributed by atoms with Crippen molar-refractivity contribution in [3.63, 3.8) is 0 Å². The lowest BCUT2D eigenvalue weighted by Crippen LogP contribution is -2.37. The third-order valence-corrected chi connectivity index (χ3v) is 5.21. The molecule has 19 heavy (non-hydrogen) atoms. The van der Waals surface area contributed by atoms with Crippen molar-refractivity contribution in [1.29, 1.82) is 0 Å². The predicted octanol–water partition coefficient (Wildman–Crippen LogP) is 3.52. The molecule has 0 aromatic heterocycles. The maximum Gasteiger partial charge on any atom is 0.00955 e. The molecule has 1 heterocycles. The Labute approximate surface area is 120 Å². The average Bonchev–Trinajstić information content (AvgIpc) is 2.87. The van der Waals surface area contributed by atoms with Gasteiger partial charge in [-0.15, -0.1) is 0 Å². The summed E-state index contributed by atoms with van der Waals surface area (Å²) in [5.74, 6) is 2.71. The summed E-state index contributed by atoms with van der Waals surface area (Å²) in [5.41, 5.74) is 0. The van der Waals surface area contributed by atoms with Crippen molar-refractivity contribution >= 4 is 0 Å². The lowest BCUT2D eigenvalue weighted by molar-refractivity contribution is 0.158. The van der Waals surface area contributed by atoms with Crippen LogP contribution >= 0.6 is 0 Å². The van der Waals surface area contributed by atoms with E-state index in [1.807, 2.05) is 0 Å². The molecule has 1 atom stereocenters. The average molecular weight is 266 g/mol. The molecule has 0 spiro atoms. The molecular weight excluding hydrogens is 232 g/mol. The zero-order valence-corrected chi connectivity index (χ0v) is 13.3. The van der Waals surface area contributed by atoms with Crippen molar-refractivity contribution in [2.75, 3.05) is 26.2 Å². The van der Waals surface area contributed by atoms with E-state index < -0.39 is 0 Å². The molecule has 112 valence electrons. The molecule has 0 radical (unpaired) electrons. The van der Waals surface area contributed by atoms with Crippen LogP contribution in [-0.2, 0) is 0 Å². The van der Waals surface area contributed by atoms with E-state index in [1.54, 1.807) is 0 Å². The van der Waals surface area contributed by atoms with Crippen LogP contribution in [0.2, 0.25) is 0 Å². The van der Waals surface area contributed by atoms with E-state index in [9.17, 15) is 0 Å². The standard InChI is InChI=1S/C17H34N2/c1-4-15-5-7-17(8-6-15)19-10-9-16(13-19)12-18-11-14(2)3/h14-18H,4-13H2,1-3H3. The van der Waals surface area contributed by atoms with Gasteiger partial charge in [-0.2, -0.15) is 0 Å². The van der Waals surface area contributed by atoms with Crippen LogP contribution < -0.4 is 5.32 Å². The van der Waals surface area contributed by atoms with Gasteiger partial charge in [-0.25, -0.2) is 0 Å². The molecule has 1 unspecified atom stereocenters. The highest BCUT2D eigenvalue weighted by atomic mass is 15.2. The molecule has 2 aliphatic rings. The maximum atomic E-state index is 3.64. The van der Waals surface area contributed by atoms with Gasteiger partial charge >= 0.3 is 0 Å². The SMILES string of the molecule is CCC1CCC(N2CCC(CNCC(C)C)C2)CC1. The van der Waals surface area contributed by atoms with E-state index in [0.29, 0.717) is 0 Å². The molecule has 0 aromatic rings. The van der Waals surface area contributed by atoms with Crippen LogP contribution in [0.4, 0.5) is 0 Å². The number of hydrogen-bond acceptors (Lipinski definition) is 2. The highest BCUT2D eigenvalue weighted by Crippen LogP contribution is 2.31. The third kappa shape index (κ3) is 4.75. The van der Waals surface area contributed by atoms with Crippen LogP contribution in [0.1, 0.15) is 59.3 Å². The molecule has 2 fully saturated rings. The predicted molar refractivity (Wildman–Crippen MR) is 83.4 cm³/mol. The molecule has 2 heteroatoms. The Balaban J connectivity index is 1.64. The van der Waals surface area contributed by atoms with Gasteiger partial charge in [-0.05, 0) is 69.5 Å². The Hall–Kier alpha value is -0.0800. The van der Waals surface area contributed by atoms with Gasteiger partial charge in [0.25, 0.3) is 0 Å². The molecule has 2 nitrogen and oxygen atoms in total. The van der Waals surface area contributed by atoms with Crippen LogP contribution in [0, 0.1) is 17.8 Å². The highest BCUT2D eigenvalue weighted by Gasteiger charge is 2.30. The number of rotatable bonds is 6. The van der Waals surface area contributed by atoms with Crippen molar-refractivity contribution in [2.24, 2.45) is 17.8 Å². The van der Waals surface area contributed by atoms with Gasteiger partial charge in [0.15, 0.2) is 0 Å². The van der Waals surface area contributed by atoms with E-state index in [1.165, 1.54) is 64.7 Å². The quantitative estimate of drug-likeness (QED) is 0.791. The van der Waals surface area contributed by atoms with Crippen molar-refractivity contribution in [3.8, 4) is 0 Å². The van der Waals surface area contributed by atoms with Crippen LogP contribution in [0.5, 0.6) is 0 Å². The summed E-state index contributed by atoms with van der Waals surface area (Å²) in [7, 11) is 0. The van der Waals surface area contributed by atoms with Crippen LogP contribution in [-0.4, -0.2) is 37.1 Å². The first-order chi connectivity index (χ1) is 9.19. The second-order valence-corrected chi connectivity index (χ2v) is 7.28. The third-order valence-electron chi connectivity index (χ3n) is 5.21. The second-order valence-electron chi connectivity index (χ2n) is 7.28. The lowest BCUT2D eigenvalue weighted by Gasteiger charge is -2.34. The number of nitrogens with zero attached hydrogens (tertiary/aromatic N) is 1. The van der Waals surface area contributed by atoms with Crippen molar-refractivity contribution in [2.45, 2.75) is 65.3 Å². The minimum Gasteiger partial charge on any atom is -0.316 e. The first-order valence-electron chi connectivity index (χ1n) is 8.63. The Morgan fingerprint density at radius 2 is 1.79 bits per heavy atom. The van der Waals surface area contributed by atoms with Crippen LogP contribution in [0.3, 0.4) is 0 Å². The molecule has 0 aromatic carbocycles. The first-order valence-corrected chi connectivity index (χ1v) is 8.63. The van der Waals surface area contributed by atoms with Gasteiger partial charge in [-0.3, -0.25) is 0 Å². The molecule has 1 saturated heterocycles. The summed E-state index contributed by atoms with van der Waals surface area (Å²) in [6.07, 6.45) is 8.70. The first kappa shape index (κ1) is 15.3. The van der Waals surface area contributed by atoms with Gasteiger partial charge < -0.3 is 10.2 Å².